The molecule has 1 saturated heterocycles. The molecule has 0 N–H and O–H groups in total. The van der Waals surface area contributed by atoms with Gasteiger partial charge in [-0.05, 0) is 68.1 Å². The number of hydrogen-bond acceptors (Lipinski definition) is 2. The highest BCUT2D eigenvalue weighted by Gasteiger charge is 2.30. The maximum Gasteiger partial charge on any atom is 0.160 e. The monoisotopic (exact) mass is 350 g/mol. The number of hydrogen-bond donors (Lipinski definition) is 0. The third kappa shape index (κ3) is 4.36. The van der Waals surface area contributed by atoms with Gasteiger partial charge in [0, 0.05) is 5.92 Å². The molecule has 0 spiro atoms. The fourth-order valence-corrected chi connectivity index (χ4v) is 4.36. The van der Waals surface area contributed by atoms with Crippen LogP contribution in [0.5, 0.6) is 0 Å². The van der Waals surface area contributed by atoms with Gasteiger partial charge in [-0.15, -0.1) is 0 Å². The number of aryl methyl sites for hydroxylation is 1. The van der Waals surface area contributed by atoms with Gasteiger partial charge in [-0.2, -0.15) is 0 Å². The van der Waals surface area contributed by atoms with Gasteiger partial charge < -0.3 is 9.47 Å². The van der Waals surface area contributed by atoms with Crippen molar-refractivity contribution in [3.63, 3.8) is 0 Å². The molecule has 2 aromatic rings. The fraction of sp³-hybridized carbons (Fsp3) is 0.500. The lowest BCUT2D eigenvalue weighted by atomic mass is 9.79. The smallest absolute Gasteiger partial charge is 0.160 e. The zero-order chi connectivity index (χ0) is 17.8. The van der Waals surface area contributed by atoms with Crippen molar-refractivity contribution in [1.82, 2.24) is 0 Å². The van der Waals surface area contributed by atoms with Crippen LogP contribution in [0.2, 0.25) is 0 Å². The Morgan fingerprint density at radius 1 is 0.769 bits per heavy atom. The molecule has 26 heavy (non-hydrogen) atoms. The first-order valence-electron chi connectivity index (χ1n) is 10.2. The molecule has 1 heterocycles. The molecule has 138 valence electrons. The summed E-state index contributed by atoms with van der Waals surface area (Å²) in [5, 5.41) is 0. The van der Waals surface area contributed by atoms with Crippen LogP contribution in [-0.4, -0.2) is 19.5 Å². The van der Waals surface area contributed by atoms with Gasteiger partial charge >= 0.3 is 0 Å². The molecule has 1 saturated carbocycles. The Labute approximate surface area is 157 Å². The minimum atomic E-state index is 0.0680. The Balaban J connectivity index is 1.30. The zero-order valence-corrected chi connectivity index (χ0v) is 15.8. The highest BCUT2D eigenvalue weighted by Crippen LogP contribution is 2.35. The molecule has 2 heteroatoms. The molecule has 2 aromatic carbocycles. The average Bonchev–Trinajstić information content (AvgIpc) is 2.71. The van der Waals surface area contributed by atoms with E-state index in [1.165, 1.54) is 54.4 Å². The van der Waals surface area contributed by atoms with Crippen LogP contribution < -0.4 is 0 Å². The van der Waals surface area contributed by atoms with Crippen molar-refractivity contribution in [3.05, 3.63) is 59.7 Å². The lowest BCUT2D eigenvalue weighted by Gasteiger charge is -2.35. The van der Waals surface area contributed by atoms with Gasteiger partial charge in [-0.3, -0.25) is 0 Å². The van der Waals surface area contributed by atoms with E-state index in [4.69, 9.17) is 9.47 Å². The second-order valence-corrected chi connectivity index (χ2v) is 8.01. The van der Waals surface area contributed by atoms with Gasteiger partial charge in [0.25, 0.3) is 0 Å². The predicted octanol–water partition coefficient (Wildman–Crippen LogP) is 5.77. The van der Waals surface area contributed by atoms with Crippen molar-refractivity contribution < 1.29 is 9.47 Å². The van der Waals surface area contributed by atoms with Crippen molar-refractivity contribution in [2.45, 2.75) is 51.7 Å². The predicted molar refractivity (Wildman–Crippen MR) is 106 cm³/mol. The maximum atomic E-state index is 5.81. The van der Waals surface area contributed by atoms with Crippen LogP contribution in [0.25, 0.3) is 11.1 Å². The summed E-state index contributed by atoms with van der Waals surface area (Å²) >= 11 is 0. The van der Waals surface area contributed by atoms with Crippen LogP contribution in [0, 0.1) is 18.8 Å². The molecule has 2 fully saturated rings. The Morgan fingerprint density at radius 2 is 1.35 bits per heavy atom. The highest BCUT2D eigenvalue weighted by molar-refractivity contribution is 5.63. The minimum absolute atomic E-state index is 0.0680. The van der Waals surface area contributed by atoms with Crippen LogP contribution in [0.4, 0.5) is 0 Å². The van der Waals surface area contributed by atoms with E-state index in [-0.39, 0.29) is 6.29 Å². The van der Waals surface area contributed by atoms with E-state index in [0.717, 1.165) is 25.6 Å². The quantitative estimate of drug-likeness (QED) is 0.696. The molecular weight excluding hydrogens is 320 g/mol. The molecule has 2 nitrogen and oxygen atoms in total. The fourth-order valence-electron chi connectivity index (χ4n) is 4.36. The molecule has 2 aliphatic rings. The van der Waals surface area contributed by atoms with Crippen LogP contribution in [0.3, 0.4) is 0 Å². The topological polar surface area (TPSA) is 18.5 Å². The zero-order valence-electron chi connectivity index (χ0n) is 15.8. The van der Waals surface area contributed by atoms with Gasteiger partial charge in [0.05, 0.1) is 13.2 Å². The summed E-state index contributed by atoms with van der Waals surface area (Å²) in [6.07, 6.45) is 7.41. The van der Waals surface area contributed by atoms with Crippen LogP contribution in [-0.2, 0) is 15.9 Å². The van der Waals surface area contributed by atoms with Crippen molar-refractivity contribution in [2.24, 2.45) is 11.8 Å². The van der Waals surface area contributed by atoms with E-state index in [9.17, 15) is 0 Å². The summed E-state index contributed by atoms with van der Waals surface area (Å²) in [5.41, 5.74) is 5.39. The third-order valence-electron chi connectivity index (χ3n) is 5.99. The molecule has 0 radical (unpaired) electrons. The lowest BCUT2D eigenvalue weighted by molar-refractivity contribution is -0.210. The summed E-state index contributed by atoms with van der Waals surface area (Å²) in [6.45, 7) is 3.88. The van der Waals surface area contributed by atoms with Crippen LogP contribution in [0.1, 0.15) is 43.2 Å². The molecule has 1 aliphatic carbocycles. The first kappa shape index (κ1) is 17.8. The minimum Gasteiger partial charge on any atom is -0.352 e. The van der Waals surface area contributed by atoms with Gasteiger partial charge in [0.2, 0.25) is 0 Å². The van der Waals surface area contributed by atoms with Crippen LogP contribution in [0.15, 0.2) is 48.5 Å². The maximum absolute atomic E-state index is 5.81. The van der Waals surface area contributed by atoms with E-state index in [0.29, 0.717) is 5.92 Å². The second-order valence-electron chi connectivity index (χ2n) is 8.01. The number of ether oxygens (including phenoxy) is 2. The third-order valence-corrected chi connectivity index (χ3v) is 5.99. The second kappa shape index (κ2) is 8.37. The molecule has 0 unspecified atom stereocenters. The Bertz CT molecular complexity index is 675. The molecule has 1 aliphatic heterocycles. The molecule has 0 atom stereocenters. The Kier molecular flexibility index (Phi) is 5.72. The van der Waals surface area contributed by atoms with E-state index in [2.05, 4.69) is 55.5 Å². The van der Waals surface area contributed by atoms with Gasteiger partial charge in [-0.25, -0.2) is 0 Å². The normalized spacial score (nSPS) is 24.5. The molecule has 0 bridgehead atoms. The Hall–Kier alpha value is -1.64. The molecule has 4 rings (SSSR count). The summed E-state index contributed by atoms with van der Waals surface area (Å²) in [7, 11) is 0. The summed E-state index contributed by atoms with van der Waals surface area (Å²) in [6, 6.07) is 18.0. The summed E-state index contributed by atoms with van der Waals surface area (Å²) < 4.78 is 11.6. The van der Waals surface area contributed by atoms with Crippen molar-refractivity contribution in [1.29, 1.82) is 0 Å². The first-order chi connectivity index (χ1) is 12.8. The van der Waals surface area contributed by atoms with E-state index in [1.54, 1.807) is 0 Å². The van der Waals surface area contributed by atoms with Gasteiger partial charge in [0.15, 0.2) is 6.29 Å². The molecule has 0 amide bonds. The first-order valence-corrected chi connectivity index (χ1v) is 10.2. The number of rotatable bonds is 4. The average molecular weight is 351 g/mol. The largest absolute Gasteiger partial charge is 0.352 e. The van der Waals surface area contributed by atoms with Crippen molar-refractivity contribution in [3.8, 4) is 11.1 Å². The SMILES string of the molecule is Cc1ccc(-c2ccc(CC3CCC(C4OCCCO4)CC3)cc2)cc1. The lowest BCUT2D eigenvalue weighted by Crippen LogP contribution is -2.34. The highest BCUT2D eigenvalue weighted by atomic mass is 16.7. The van der Waals surface area contributed by atoms with E-state index in [1.807, 2.05) is 0 Å². The van der Waals surface area contributed by atoms with Crippen molar-refractivity contribution in [2.75, 3.05) is 13.2 Å². The summed E-state index contributed by atoms with van der Waals surface area (Å²) in [4.78, 5) is 0. The van der Waals surface area contributed by atoms with Crippen LogP contribution >= 0.6 is 0 Å². The molecule has 0 aromatic heterocycles. The van der Waals surface area contributed by atoms with Gasteiger partial charge in [0.1, 0.15) is 0 Å². The number of benzene rings is 2. The van der Waals surface area contributed by atoms with Gasteiger partial charge in [-0.1, -0.05) is 54.1 Å². The molecular formula is C24H30O2. The van der Waals surface area contributed by atoms with E-state index >= 15 is 0 Å². The summed E-state index contributed by atoms with van der Waals surface area (Å²) in [5.74, 6) is 1.41. The van der Waals surface area contributed by atoms with E-state index < -0.39 is 0 Å². The standard InChI is InChI=1S/C24H30O2/c1-18-3-9-21(10-4-18)22-11-5-19(6-12-22)17-20-7-13-23(14-8-20)24-25-15-2-16-26-24/h3-6,9-12,20,23-24H,2,7-8,13-17H2,1H3. The Morgan fingerprint density at radius 3 is 1.96 bits per heavy atom. The van der Waals surface area contributed by atoms with Crippen molar-refractivity contribution >= 4 is 0 Å².